The summed E-state index contributed by atoms with van der Waals surface area (Å²) >= 11 is 0. The standard InChI is InChI=1S/C54H32/c1-5-15-33(16-6-1)39-25-26-40(34-17-7-2-8-18-34)50-42-28-30-44-52-43(29-27-41(49(39)50)51(42)52)53-47(35-19-9-3-10-20-35)45-31-37-23-13-14-24-38(37)32-46(45)48(54(44)53)36-21-11-4-12-22-36/h1-32H. The Balaban J connectivity index is 1.26. The maximum absolute atomic E-state index is 2.44. The van der Waals surface area contributed by atoms with Crippen molar-refractivity contribution in [1.82, 2.24) is 0 Å². The van der Waals surface area contributed by atoms with Crippen molar-refractivity contribution < 1.29 is 0 Å². The van der Waals surface area contributed by atoms with E-state index in [0.29, 0.717) is 0 Å². The van der Waals surface area contributed by atoms with Crippen LogP contribution in [-0.4, -0.2) is 0 Å². The molecule has 0 aliphatic heterocycles. The lowest BCUT2D eigenvalue weighted by molar-refractivity contribution is 1.59. The third-order valence-electron chi connectivity index (χ3n) is 11.9. The predicted molar refractivity (Wildman–Crippen MR) is 230 cm³/mol. The molecule has 10 aromatic carbocycles. The van der Waals surface area contributed by atoms with E-state index in [1.165, 1.54) is 121 Å². The molecule has 0 aromatic heterocycles. The Bertz CT molecular complexity index is 2950. The monoisotopic (exact) mass is 680 g/mol. The summed E-state index contributed by atoms with van der Waals surface area (Å²) in [6, 6.07) is 72.1. The van der Waals surface area contributed by atoms with Crippen LogP contribution in [0.1, 0.15) is 0 Å². The Kier molecular flexibility index (Phi) is 6.15. The molecule has 0 nitrogen and oxygen atoms in total. The largest absolute Gasteiger partial charge is 0.0622 e. The molecule has 0 N–H and O–H groups in total. The van der Waals surface area contributed by atoms with Crippen LogP contribution in [0, 0.1) is 0 Å². The van der Waals surface area contributed by atoms with Crippen LogP contribution in [0.2, 0.25) is 0 Å². The SMILES string of the molecule is c1ccc(-c2ccc(-c3ccccc3)c3c2-c2ccc4c5c(ccc-3c25)-c2c-4c(-c3ccccc3)c3cc4ccccc4cc3c2-c2ccccc2)cc1. The van der Waals surface area contributed by atoms with Gasteiger partial charge in [0.1, 0.15) is 0 Å². The first-order valence-corrected chi connectivity index (χ1v) is 18.9. The van der Waals surface area contributed by atoms with E-state index in [9.17, 15) is 0 Å². The minimum atomic E-state index is 1.24. The van der Waals surface area contributed by atoms with Gasteiger partial charge in [-0.15, -0.1) is 0 Å². The topological polar surface area (TPSA) is 0 Å². The van der Waals surface area contributed by atoms with E-state index in [1.807, 2.05) is 0 Å². The fourth-order valence-corrected chi connectivity index (χ4v) is 9.73. The first kappa shape index (κ1) is 29.5. The lowest BCUT2D eigenvalue weighted by atomic mass is 9.81. The van der Waals surface area contributed by atoms with Gasteiger partial charge >= 0.3 is 0 Å². The molecule has 0 saturated carbocycles. The molecule has 0 saturated heterocycles. The van der Waals surface area contributed by atoms with E-state index in [1.54, 1.807) is 0 Å². The van der Waals surface area contributed by atoms with Crippen LogP contribution in [0.5, 0.6) is 0 Å². The Morgan fingerprint density at radius 1 is 0.204 bits per heavy atom. The third kappa shape index (κ3) is 4.03. The number of hydrogen-bond donors (Lipinski definition) is 0. The molecule has 248 valence electrons. The van der Waals surface area contributed by atoms with Gasteiger partial charge in [-0.2, -0.15) is 0 Å². The van der Waals surface area contributed by atoms with Gasteiger partial charge in [-0.1, -0.05) is 182 Å². The van der Waals surface area contributed by atoms with E-state index < -0.39 is 0 Å². The molecule has 12 rings (SSSR count). The summed E-state index contributed by atoms with van der Waals surface area (Å²) in [5.74, 6) is 0. The first-order valence-electron chi connectivity index (χ1n) is 18.9. The molecular weight excluding hydrogens is 649 g/mol. The molecule has 10 aromatic rings. The Morgan fingerprint density at radius 3 is 0.870 bits per heavy atom. The van der Waals surface area contributed by atoms with Crippen molar-refractivity contribution in [3.63, 3.8) is 0 Å². The fourth-order valence-electron chi connectivity index (χ4n) is 9.73. The minimum absolute atomic E-state index is 1.24. The van der Waals surface area contributed by atoms with Crippen LogP contribution in [0.25, 0.3) is 121 Å². The molecule has 0 heteroatoms. The molecule has 0 unspecified atom stereocenters. The number of benzene rings is 10. The quantitative estimate of drug-likeness (QED) is 0.162. The highest BCUT2D eigenvalue weighted by Crippen LogP contribution is 2.63. The van der Waals surface area contributed by atoms with Crippen LogP contribution in [0.15, 0.2) is 194 Å². The second kappa shape index (κ2) is 11.2. The molecule has 0 radical (unpaired) electrons. The summed E-state index contributed by atoms with van der Waals surface area (Å²) in [7, 11) is 0. The van der Waals surface area contributed by atoms with Crippen molar-refractivity contribution in [1.29, 1.82) is 0 Å². The molecule has 0 amide bonds. The van der Waals surface area contributed by atoms with Gasteiger partial charge in [0, 0.05) is 0 Å². The molecule has 0 heterocycles. The molecule has 0 bridgehead atoms. The third-order valence-corrected chi connectivity index (χ3v) is 11.9. The molecule has 0 atom stereocenters. The molecule has 54 heavy (non-hydrogen) atoms. The van der Waals surface area contributed by atoms with Crippen LogP contribution in [-0.2, 0) is 0 Å². The van der Waals surface area contributed by atoms with Gasteiger partial charge in [0.15, 0.2) is 0 Å². The summed E-state index contributed by atoms with van der Waals surface area (Å²) in [6.45, 7) is 0. The van der Waals surface area contributed by atoms with E-state index in [0.717, 1.165) is 0 Å². The van der Waals surface area contributed by atoms with Crippen LogP contribution in [0.3, 0.4) is 0 Å². The summed E-state index contributed by atoms with van der Waals surface area (Å²) < 4.78 is 0. The molecular formula is C54H32. The molecule has 0 fully saturated rings. The van der Waals surface area contributed by atoms with E-state index >= 15 is 0 Å². The van der Waals surface area contributed by atoms with Crippen LogP contribution in [0.4, 0.5) is 0 Å². The highest BCUT2D eigenvalue weighted by atomic mass is 14.4. The average Bonchev–Trinajstić information content (AvgIpc) is 3.76. The average molecular weight is 681 g/mol. The van der Waals surface area contributed by atoms with Gasteiger partial charge in [-0.3, -0.25) is 0 Å². The number of rotatable bonds is 4. The van der Waals surface area contributed by atoms with Crippen molar-refractivity contribution >= 4 is 32.3 Å². The highest BCUT2D eigenvalue weighted by molar-refractivity contribution is 6.34. The lowest BCUT2D eigenvalue weighted by Crippen LogP contribution is -1.94. The Morgan fingerprint density at radius 2 is 0.500 bits per heavy atom. The van der Waals surface area contributed by atoms with Gasteiger partial charge in [-0.05, 0) is 133 Å². The normalized spacial score (nSPS) is 12.1. The zero-order valence-electron chi connectivity index (χ0n) is 29.5. The zero-order valence-corrected chi connectivity index (χ0v) is 29.5. The van der Waals surface area contributed by atoms with E-state index in [-0.39, 0.29) is 0 Å². The smallest absolute Gasteiger partial charge is 0.000740 e. The first-order chi connectivity index (χ1) is 26.8. The highest BCUT2D eigenvalue weighted by Gasteiger charge is 2.36. The second-order valence-electron chi connectivity index (χ2n) is 14.7. The lowest BCUT2D eigenvalue weighted by Gasteiger charge is -2.21. The molecule has 0 spiro atoms. The van der Waals surface area contributed by atoms with Gasteiger partial charge < -0.3 is 0 Å². The Labute approximate surface area is 314 Å². The van der Waals surface area contributed by atoms with E-state index in [4.69, 9.17) is 0 Å². The van der Waals surface area contributed by atoms with Gasteiger partial charge in [-0.25, -0.2) is 0 Å². The summed E-state index contributed by atoms with van der Waals surface area (Å²) in [5, 5.41) is 7.83. The minimum Gasteiger partial charge on any atom is -0.0622 e. The van der Waals surface area contributed by atoms with Gasteiger partial charge in [0.25, 0.3) is 0 Å². The molecule has 2 aliphatic rings. The van der Waals surface area contributed by atoms with Crippen LogP contribution >= 0.6 is 0 Å². The maximum Gasteiger partial charge on any atom is -0.000740 e. The summed E-state index contributed by atoms with van der Waals surface area (Å²) in [5.41, 5.74) is 20.8. The molecule has 2 aliphatic carbocycles. The fraction of sp³-hybridized carbons (Fsp3) is 0. The van der Waals surface area contributed by atoms with Crippen molar-refractivity contribution in [2.24, 2.45) is 0 Å². The van der Waals surface area contributed by atoms with Gasteiger partial charge in [0.05, 0.1) is 0 Å². The van der Waals surface area contributed by atoms with Crippen molar-refractivity contribution in [3.05, 3.63) is 194 Å². The van der Waals surface area contributed by atoms with Crippen molar-refractivity contribution in [2.45, 2.75) is 0 Å². The number of fused-ring (bicyclic) bond motifs is 8. The van der Waals surface area contributed by atoms with Crippen molar-refractivity contribution in [2.75, 3.05) is 0 Å². The number of hydrogen-bond acceptors (Lipinski definition) is 0. The van der Waals surface area contributed by atoms with E-state index in [2.05, 4.69) is 194 Å². The van der Waals surface area contributed by atoms with Crippen molar-refractivity contribution in [3.8, 4) is 89.0 Å². The summed E-state index contributed by atoms with van der Waals surface area (Å²) in [4.78, 5) is 0. The van der Waals surface area contributed by atoms with Gasteiger partial charge in [0.2, 0.25) is 0 Å². The second-order valence-corrected chi connectivity index (χ2v) is 14.7. The zero-order chi connectivity index (χ0) is 35.3. The predicted octanol–water partition coefficient (Wildman–Crippen LogP) is 15.1. The summed E-state index contributed by atoms with van der Waals surface area (Å²) in [6.07, 6.45) is 0. The maximum atomic E-state index is 2.44. The van der Waals surface area contributed by atoms with Crippen LogP contribution < -0.4 is 0 Å². The Hall–Kier alpha value is -7.02.